The van der Waals surface area contributed by atoms with E-state index in [1.54, 1.807) is 0 Å². The minimum absolute atomic E-state index is 0.874. The lowest BCUT2D eigenvalue weighted by Gasteiger charge is -2.10. The van der Waals surface area contributed by atoms with Crippen molar-refractivity contribution in [2.24, 2.45) is 0 Å². The second-order valence-electron chi connectivity index (χ2n) is 2.99. The van der Waals surface area contributed by atoms with Crippen LogP contribution in [-0.4, -0.2) is 16.5 Å². The molecule has 78 valence electrons. The Kier molecular flexibility index (Phi) is 4.32. The van der Waals surface area contributed by atoms with Gasteiger partial charge in [-0.2, -0.15) is 0 Å². The highest BCUT2D eigenvalue weighted by molar-refractivity contribution is 9.10. The van der Waals surface area contributed by atoms with Gasteiger partial charge in [-0.1, -0.05) is 13.8 Å². The maximum atomic E-state index is 4.45. The van der Waals surface area contributed by atoms with Gasteiger partial charge in [-0.3, -0.25) is 0 Å². The number of rotatable bonds is 4. The number of aryl methyl sites for hydroxylation is 2. The summed E-state index contributed by atoms with van der Waals surface area (Å²) in [6.07, 6.45) is 1.80. The van der Waals surface area contributed by atoms with E-state index in [1.165, 1.54) is 0 Å². The Hall–Kier alpha value is -0.640. The number of anilines is 1. The number of hydrogen-bond donors (Lipinski definition) is 1. The molecule has 1 heterocycles. The summed E-state index contributed by atoms with van der Waals surface area (Å²) in [5, 5.41) is 3.23. The Morgan fingerprint density at radius 3 is 2.36 bits per heavy atom. The van der Waals surface area contributed by atoms with Crippen LogP contribution in [0.15, 0.2) is 4.47 Å². The Labute approximate surface area is 93.5 Å². The Morgan fingerprint density at radius 1 is 1.14 bits per heavy atom. The molecule has 0 saturated heterocycles. The van der Waals surface area contributed by atoms with Crippen molar-refractivity contribution in [3.05, 3.63) is 16.0 Å². The van der Waals surface area contributed by atoms with Crippen molar-refractivity contribution in [2.45, 2.75) is 33.6 Å². The topological polar surface area (TPSA) is 37.8 Å². The van der Waals surface area contributed by atoms with E-state index >= 15 is 0 Å². The van der Waals surface area contributed by atoms with Crippen LogP contribution in [0, 0.1) is 0 Å². The largest absolute Gasteiger partial charge is 0.369 e. The minimum atomic E-state index is 0.874. The molecule has 0 saturated carbocycles. The van der Waals surface area contributed by atoms with Crippen LogP contribution in [0.5, 0.6) is 0 Å². The van der Waals surface area contributed by atoms with Gasteiger partial charge in [0, 0.05) is 13.0 Å². The van der Waals surface area contributed by atoms with Gasteiger partial charge < -0.3 is 5.32 Å². The molecular weight excluding hydrogens is 242 g/mol. The number of aromatic nitrogens is 2. The molecule has 0 bridgehead atoms. The van der Waals surface area contributed by atoms with Gasteiger partial charge in [0.1, 0.15) is 11.6 Å². The summed E-state index contributed by atoms with van der Waals surface area (Å²) in [5.74, 6) is 1.82. The molecule has 1 rings (SSSR count). The van der Waals surface area contributed by atoms with Crippen molar-refractivity contribution in [3.63, 3.8) is 0 Å². The first-order valence-electron chi connectivity index (χ1n) is 5.02. The number of hydrogen-bond acceptors (Lipinski definition) is 3. The molecule has 4 heteroatoms. The van der Waals surface area contributed by atoms with Crippen LogP contribution in [0.1, 0.15) is 32.3 Å². The molecule has 14 heavy (non-hydrogen) atoms. The van der Waals surface area contributed by atoms with E-state index in [-0.39, 0.29) is 0 Å². The summed E-state index contributed by atoms with van der Waals surface area (Å²) >= 11 is 3.52. The smallest absolute Gasteiger partial charge is 0.144 e. The first-order chi connectivity index (χ1) is 6.72. The van der Waals surface area contributed by atoms with Crippen LogP contribution in [0.3, 0.4) is 0 Å². The summed E-state index contributed by atoms with van der Waals surface area (Å²) in [5.41, 5.74) is 1.08. The normalized spacial score (nSPS) is 10.3. The lowest BCUT2D eigenvalue weighted by Crippen LogP contribution is -2.07. The van der Waals surface area contributed by atoms with Crippen molar-refractivity contribution in [1.82, 2.24) is 9.97 Å². The molecule has 0 amide bonds. The molecule has 0 radical (unpaired) electrons. The second-order valence-corrected chi connectivity index (χ2v) is 3.78. The van der Waals surface area contributed by atoms with Crippen LogP contribution in [0.2, 0.25) is 0 Å². The molecule has 0 atom stereocenters. The predicted molar refractivity (Wildman–Crippen MR) is 62.7 cm³/mol. The highest BCUT2D eigenvalue weighted by Crippen LogP contribution is 2.23. The van der Waals surface area contributed by atoms with Crippen molar-refractivity contribution < 1.29 is 0 Å². The van der Waals surface area contributed by atoms with Crippen molar-refractivity contribution >= 4 is 21.7 Å². The molecule has 0 aromatic carbocycles. The third-order valence-electron chi connectivity index (χ3n) is 1.96. The van der Waals surface area contributed by atoms with Crippen molar-refractivity contribution in [1.29, 1.82) is 0 Å². The highest BCUT2D eigenvalue weighted by atomic mass is 79.9. The monoisotopic (exact) mass is 257 g/mol. The summed E-state index contributed by atoms with van der Waals surface area (Å²) in [7, 11) is 0. The zero-order valence-electron chi connectivity index (χ0n) is 8.89. The maximum absolute atomic E-state index is 4.45. The Bertz CT molecular complexity index is 312. The van der Waals surface area contributed by atoms with E-state index < -0.39 is 0 Å². The third kappa shape index (κ3) is 2.44. The summed E-state index contributed by atoms with van der Waals surface area (Å²) < 4.78 is 0.999. The molecule has 0 aliphatic carbocycles. The lowest BCUT2D eigenvalue weighted by molar-refractivity contribution is 0.878. The van der Waals surface area contributed by atoms with Gasteiger partial charge in [0.25, 0.3) is 0 Å². The van der Waals surface area contributed by atoms with Crippen LogP contribution in [-0.2, 0) is 12.8 Å². The molecule has 0 aliphatic heterocycles. The molecule has 0 fully saturated rings. The fourth-order valence-corrected chi connectivity index (χ4v) is 1.82. The van der Waals surface area contributed by atoms with Gasteiger partial charge in [-0.05, 0) is 29.3 Å². The lowest BCUT2D eigenvalue weighted by atomic mass is 10.3. The molecule has 3 nitrogen and oxygen atoms in total. The zero-order valence-corrected chi connectivity index (χ0v) is 10.5. The Balaban J connectivity index is 3.12. The van der Waals surface area contributed by atoms with Gasteiger partial charge in [-0.15, -0.1) is 0 Å². The molecule has 0 unspecified atom stereocenters. The van der Waals surface area contributed by atoms with Gasteiger partial charge in [0.15, 0.2) is 0 Å². The molecule has 1 N–H and O–H groups in total. The SMILES string of the molecule is CCNc1nc(CC)nc(CC)c1Br. The van der Waals surface area contributed by atoms with Gasteiger partial charge in [0.05, 0.1) is 10.2 Å². The fraction of sp³-hybridized carbons (Fsp3) is 0.600. The third-order valence-corrected chi connectivity index (χ3v) is 2.79. The Morgan fingerprint density at radius 2 is 1.86 bits per heavy atom. The number of halogens is 1. The summed E-state index contributed by atoms with van der Waals surface area (Å²) in [6.45, 7) is 7.11. The van der Waals surface area contributed by atoms with Crippen molar-refractivity contribution in [2.75, 3.05) is 11.9 Å². The van der Waals surface area contributed by atoms with Gasteiger partial charge >= 0.3 is 0 Å². The van der Waals surface area contributed by atoms with Crippen LogP contribution < -0.4 is 5.32 Å². The quantitative estimate of drug-likeness (QED) is 0.902. The first-order valence-corrected chi connectivity index (χ1v) is 5.81. The average molecular weight is 258 g/mol. The van der Waals surface area contributed by atoms with E-state index in [2.05, 4.69) is 52.0 Å². The predicted octanol–water partition coefficient (Wildman–Crippen LogP) is 2.80. The van der Waals surface area contributed by atoms with E-state index in [9.17, 15) is 0 Å². The molecular formula is C10H16BrN3. The first kappa shape index (κ1) is 11.4. The number of nitrogens with zero attached hydrogens (tertiary/aromatic N) is 2. The molecule has 1 aromatic heterocycles. The van der Waals surface area contributed by atoms with Gasteiger partial charge in [-0.25, -0.2) is 9.97 Å². The average Bonchev–Trinajstić information content (AvgIpc) is 2.21. The van der Waals surface area contributed by atoms with E-state index in [4.69, 9.17) is 0 Å². The van der Waals surface area contributed by atoms with Crippen LogP contribution >= 0.6 is 15.9 Å². The van der Waals surface area contributed by atoms with Gasteiger partial charge in [0.2, 0.25) is 0 Å². The minimum Gasteiger partial charge on any atom is -0.369 e. The summed E-state index contributed by atoms with van der Waals surface area (Å²) in [4.78, 5) is 8.87. The van der Waals surface area contributed by atoms with E-state index in [0.717, 1.165) is 41.2 Å². The summed E-state index contributed by atoms with van der Waals surface area (Å²) in [6, 6.07) is 0. The molecule has 0 aliphatic rings. The second kappa shape index (κ2) is 5.29. The van der Waals surface area contributed by atoms with Crippen molar-refractivity contribution in [3.8, 4) is 0 Å². The number of nitrogens with one attached hydrogen (secondary N) is 1. The highest BCUT2D eigenvalue weighted by Gasteiger charge is 2.08. The van der Waals surface area contributed by atoms with E-state index in [0.29, 0.717) is 0 Å². The van der Waals surface area contributed by atoms with Crippen LogP contribution in [0.4, 0.5) is 5.82 Å². The zero-order chi connectivity index (χ0) is 10.6. The fourth-order valence-electron chi connectivity index (χ4n) is 1.22. The van der Waals surface area contributed by atoms with Crippen LogP contribution in [0.25, 0.3) is 0 Å². The maximum Gasteiger partial charge on any atom is 0.144 e. The standard InChI is InChI=1S/C10H16BrN3/c1-4-7-9(11)10(12-6-3)14-8(5-2)13-7/h4-6H2,1-3H3,(H,12,13,14). The molecule has 1 aromatic rings. The molecule has 0 spiro atoms. The van der Waals surface area contributed by atoms with E-state index in [1.807, 2.05) is 0 Å².